The zero-order valence-electron chi connectivity index (χ0n) is 26.0. The number of benzene rings is 1. The molecule has 0 radical (unpaired) electrons. The van der Waals surface area contributed by atoms with E-state index in [1.807, 2.05) is 39.0 Å². The first-order valence-corrected chi connectivity index (χ1v) is 15.7. The predicted octanol–water partition coefficient (Wildman–Crippen LogP) is 2.18. The van der Waals surface area contributed by atoms with E-state index in [1.165, 1.54) is 0 Å². The second-order valence-electron chi connectivity index (χ2n) is 13.6. The minimum atomic E-state index is -1.12. The molecule has 0 spiro atoms. The van der Waals surface area contributed by atoms with Crippen LogP contribution in [-0.4, -0.2) is 76.7 Å². The van der Waals surface area contributed by atoms with Crippen LogP contribution in [0.4, 0.5) is 5.69 Å². The van der Waals surface area contributed by atoms with Gasteiger partial charge in [-0.25, -0.2) is 0 Å². The molecule has 2 bridgehead atoms. The molecule has 4 amide bonds. The maximum atomic E-state index is 13.7. The van der Waals surface area contributed by atoms with Crippen LogP contribution in [-0.2, 0) is 30.5 Å². The average Bonchev–Trinajstić information content (AvgIpc) is 3.53. The van der Waals surface area contributed by atoms with Gasteiger partial charge in [-0.2, -0.15) is 0 Å². The molecule has 1 saturated carbocycles. The monoisotopic (exact) mass is 597 g/mol. The Morgan fingerprint density at radius 3 is 2.51 bits per heavy atom. The third-order valence-electron chi connectivity index (χ3n) is 11.1. The number of amides is 4. The Labute approximate surface area is 253 Å². The lowest BCUT2D eigenvalue weighted by Gasteiger charge is -2.37. The Hall–Kier alpha value is -3.02. The minimum Gasteiger partial charge on any atom is -0.367 e. The van der Waals surface area contributed by atoms with Gasteiger partial charge >= 0.3 is 0 Å². The van der Waals surface area contributed by atoms with Gasteiger partial charge in [-0.3, -0.25) is 19.2 Å². The van der Waals surface area contributed by atoms with Gasteiger partial charge in [-0.15, -0.1) is 0 Å². The predicted molar refractivity (Wildman–Crippen MR) is 160 cm³/mol. The van der Waals surface area contributed by atoms with Crippen molar-refractivity contribution < 1.29 is 29.0 Å². The molecular formula is C32H47N5O6. The number of carbonyl (C=O) groups is 4. The molecule has 5 rings (SSSR count). The number of aliphatic hydroxyl groups is 1. The molecule has 3 aliphatic heterocycles. The van der Waals surface area contributed by atoms with Crippen LogP contribution in [0.25, 0.3) is 0 Å². The molecule has 1 aromatic carbocycles. The third-order valence-corrected chi connectivity index (χ3v) is 11.1. The van der Waals surface area contributed by atoms with E-state index < -0.39 is 40.8 Å². The van der Waals surface area contributed by atoms with Gasteiger partial charge in [0, 0.05) is 29.1 Å². The van der Waals surface area contributed by atoms with E-state index in [4.69, 9.17) is 4.74 Å². The Bertz CT molecular complexity index is 1270. The van der Waals surface area contributed by atoms with E-state index in [-0.39, 0.29) is 36.2 Å². The van der Waals surface area contributed by atoms with Crippen LogP contribution in [0.1, 0.15) is 84.6 Å². The van der Waals surface area contributed by atoms with Crippen molar-refractivity contribution in [3.05, 3.63) is 29.8 Å². The minimum absolute atomic E-state index is 0.0133. The number of likely N-dealkylation sites (N-methyl/N-ethyl adjacent to an activating group) is 1. The Morgan fingerprint density at radius 1 is 1.09 bits per heavy atom. The molecule has 43 heavy (non-hydrogen) atoms. The molecule has 1 aromatic rings. The number of fused-ring (bicyclic) bond motifs is 3. The van der Waals surface area contributed by atoms with E-state index in [0.29, 0.717) is 31.4 Å². The van der Waals surface area contributed by atoms with Gasteiger partial charge in [-0.1, -0.05) is 45.7 Å². The van der Waals surface area contributed by atoms with Crippen molar-refractivity contribution in [2.45, 2.75) is 122 Å². The second-order valence-corrected chi connectivity index (χ2v) is 13.6. The molecule has 3 heterocycles. The van der Waals surface area contributed by atoms with Crippen LogP contribution in [0.3, 0.4) is 0 Å². The zero-order chi connectivity index (χ0) is 31.2. The molecule has 0 aromatic heterocycles. The van der Waals surface area contributed by atoms with E-state index >= 15 is 0 Å². The van der Waals surface area contributed by atoms with Crippen LogP contribution in [0, 0.1) is 10.8 Å². The topological polar surface area (TPSA) is 149 Å². The summed E-state index contributed by atoms with van der Waals surface area (Å²) in [6, 6.07) is 5.61. The molecule has 7 unspecified atom stereocenters. The Kier molecular flexibility index (Phi) is 8.63. The number of carbonyl (C=O) groups excluding carboxylic acids is 4. The number of nitrogens with one attached hydrogen (secondary N) is 4. The summed E-state index contributed by atoms with van der Waals surface area (Å²) in [6.45, 7) is 7.90. The first kappa shape index (κ1) is 31.4. The van der Waals surface area contributed by atoms with Crippen LogP contribution >= 0.6 is 0 Å². The van der Waals surface area contributed by atoms with Crippen LogP contribution in [0.2, 0.25) is 0 Å². The molecule has 7 atom stereocenters. The highest BCUT2D eigenvalue weighted by molar-refractivity contribution is 5.99. The molecule has 11 heteroatoms. The third kappa shape index (κ3) is 5.33. The number of hydrogen-bond donors (Lipinski definition) is 5. The second kappa shape index (κ2) is 11.8. The number of aliphatic hydroxyl groups excluding tert-OH is 1. The zero-order valence-corrected chi connectivity index (χ0v) is 26.0. The van der Waals surface area contributed by atoms with Gasteiger partial charge in [-0.05, 0) is 70.2 Å². The van der Waals surface area contributed by atoms with Crippen LogP contribution in [0.5, 0.6) is 0 Å². The molecule has 1 aliphatic carbocycles. The normalized spacial score (nSPS) is 33.7. The lowest BCUT2D eigenvalue weighted by Crippen LogP contribution is -2.57. The van der Waals surface area contributed by atoms with Crippen molar-refractivity contribution in [1.82, 2.24) is 20.9 Å². The van der Waals surface area contributed by atoms with Gasteiger partial charge in [0.05, 0.1) is 6.04 Å². The van der Waals surface area contributed by atoms with E-state index in [0.717, 1.165) is 31.2 Å². The summed E-state index contributed by atoms with van der Waals surface area (Å²) in [5.41, 5.74) is -0.794. The van der Waals surface area contributed by atoms with E-state index in [1.54, 1.807) is 24.9 Å². The molecule has 5 N–H and O–H groups in total. The number of nitrogens with zero attached hydrogens (tertiary/aromatic N) is 1. The lowest BCUT2D eigenvalue weighted by atomic mass is 9.66. The SMILES string of the molecule is CNC(C)C(=O)NC1CCCCC2CCC(C(=O)NCc3cccc(NC(=O)C45CCC(C)(C(O)O4)C5(C)C)c3)N2C1=O. The quantitative estimate of drug-likeness (QED) is 0.308. The number of ether oxygens (including phenoxy) is 1. The highest BCUT2D eigenvalue weighted by Gasteiger charge is 2.74. The first-order valence-electron chi connectivity index (χ1n) is 15.7. The molecule has 4 aliphatic rings. The maximum absolute atomic E-state index is 13.7. The highest BCUT2D eigenvalue weighted by atomic mass is 16.6. The van der Waals surface area contributed by atoms with Gasteiger partial charge in [0.15, 0.2) is 11.9 Å². The van der Waals surface area contributed by atoms with Crippen molar-refractivity contribution in [2.75, 3.05) is 12.4 Å². The molecule has 4 fully saturated rings. The fourth-order valence-corrected chi connectivity index (χ4v) is 7.58. The summed E-state index contributed by atoms with van der Waals surface area (Å²) in [5.74, 6) is -0.921. The molecular weight excluding hydrogens is 550 g/mol. The van der Waals surface area contributed by atoms with Crippen LogP contribution in [0.15, 0.2) is 24.3 Å². The van der Waals surface area contributed by atoms with Crippen molar-refractivity contribution in [3.63, 3.8) is 0 Å². The van der Waals surface area contributed by atoms with Crippen LogP contribution < -0.4 is 21.3 Å². The highest BCUT2D eigenvalue weighted by Crippen LogP contribution is 2.67. The standard InChI is InChI=1S/C32H47N5O6/c1-19(33-5)25(38)36-23-12-7-6-11-22-13-14-24(37(22)27(23)40)26(39)34-18-20-9-8-10-21(17-20)35-28(41)32-16-15-31(4,29(42)43-32)30(32,2)3/h8-10,17,19,22-24,29,33,42H,6-7,11-16,18H2,1-5H3,(H,34,39)(H,35,41)(H,36,38). The van der Waals surface area contributed by atoms with Crippen molar-refractivity contribution in [2.24, 2.45) is 10.8 Å². The van der Waals surface area contributed by atoms with Crippen molar-refractivity contribution in [3.8, 4) is 0 Å². The summed E-state index contributed by atoms with van der Waals surface area (Å²) >= 11 is 0. The number of anilines is 1. The van der Waals surface area contributed by atoms with Gasteiger partial charge in [0.25, 0.3) is 5.91 Å². The average molecular weight is 598 g/mol. The van der Waals surface area contributed by atoms with E-state index in [9.17, 15) is 24.3 Å². The fraction of sp³-hybridized carbons (Fsp3) is 0.688. The molecule has 236 valence electrons. The van der Waals surface area contributed by atoms with Gasteiger partial charge in [0.2, 0.25) is 17.7 Å². The Morgan fingerprint density at radius 2 is 1.84 bits per heavy atom. The Balaban J connectivity index is 1.23. The summed E-state index contributed by atoms with van der Waals surface area (Å²) < 4.78 is 5.91. The fourth-order valence-electron chi connectivity index (χ4n) is 7.58. The summed E-state index contributed by atoms with van der Waals surface area (Å²) in [5, 5.41) is 22.4. The summed E-state index contributed by atoms with van der Waals surface area (Å²) in [6.07, 6.45) is 4.77. The summed E-state index contributed by atoms with van der Waals surface area (Å²) in [4.78, 5) is 54.9. The smallest absolute Gasteiger partial charge is 0.257 e. The van der Waals surface area contributed by atoms with Gasteiger partial charge < -0.3 is 36.0 Å². The van der Waals surface area contributed by atoms with Crippen molar-refractivity contribution in [1.29, 1.82) is 0 Å². The summed E-state index contributed by atoms with van der Waals surface area (Å²) in [7, 11) is 1.70. The maximum Gasteiger partial charge on any atom is 0.257 e. The van der Waals surface area contributed by atoms with E-state index in [2.05, 4.69) is 21.3 Å². The largest absolute Gasteiger partial charge is 0.367 e. The number of hydrogen-bond acceptors (Lipinski definition) is 7. The molecule has 3 saturated heterocycles. The molecule has 11 nitrogen and oxygen atoms in total. The first-order chi connectivity index (χ1) is 20.3. The number of rotatable bonds is 8. The van der Waals surface area contributed by atoms with Gasteiger partial charge in [0.1, 0.15) is 12.1 Å². The lowest BCUT2D eigenvalue weighted by molar-refractivity contribution is -0.193. The van der Waals surface area contributed by atoms with Crippen molar-refractivity contribution >= 4 is 29.3 Å².